The van der Waals surface area contributed by atoms with Gasteiger partial charge in [-0.3, -0.25) is 4.79 Å². The molecule has 19 heavy (non-hydrogen) atoms. The third kappa shape index (κ3) is 3.28. The molecule has 0 saturated carbocycles. The number of likely N-dealkylation sites (tertiary alicyclic amines) is 1. The minimum absolute atomic E-state index is 0.0306. The molecule has 5 heteroatoms. The molecular formula is C14H16F3NO. The monoisotopic (exact) mass is 271 g/mol. The van der Waals surface area contributed by atoms with E-state index in [9.17, 15) is 18.0 Å². The molecule has 1 aliphatic rings. The molecule has 1 amide bonds. The summed E-state index contributed by atoms with van der Waals surface area (Å²) in [4.78, 5) is 13.3. The maximum atomic E-state index is 12.7. The van der Waals surface area contributed by atoms with Crippen LogP contribution in [0, 0.1) is 6.92 Å². The molecule has 0 bridgehead atoms. The number of carbonyl (C=O) groups excluding carboxylic acids is 1. The number of amides is 1. The smallest absolute Gasteiger partial charge is 0.338 e. The summed E-state index contributed by atoms with van der Waals surface area (Å²) >= 11 is 0. The van der Waals surface area contributed by atoms with E-state index in [2.05, 4.69) is 0 Å². The van der Waals surface area contributed by atoms with Gasteiger partial charge in [0.25, 0.3) is 0 Å². The Balaban J connectivity index is 2.21. The Morgan fingerprint density at radius 3 is 2.63 bits per heavy atom. The van der Waals surface area contributed by atoms with Gasteiger partial charge in [-0.1, -0.05) is 6.07 Å². The highest BCUT2D eigenvalue weighted by Crippen LogP contribution is 2.31. The van der Waals surface area contributed by atoms with E-state index in [1.54, 1.807) is 11.8 Å². The molecule has 0 aromatic heterocycles. The number of benzene rings is 1. The molecule has 2 rings (SSSR count). The first-order chi connectivity index (χ1) is 8.88. The SMILES string of the molecule is Cc1ccc(C(F)(F)F)cc1CN1CCCCC1=O. The zero-order chi connectivity index (χ0) is 14.0. The van der Waals surface area contributed by atoms with E-state index < -0.39 is 11.7 Å². The molecule has 1 saturated heterocycles. The van der Waals surface area contributed by atoms with Crippen molar-refractivity contribution in [1.29, 1.82) is 0 Å². The van der Waals surface area contributed by atoms with E-state index in [0.29, 0.717) is 18.5 Å². The minimum atomic E-state index is -4.34. The van der Waals surface area contributed by atoms with Crippen LogP contribution in [0.25, 0.3) is 0 Å². The highest BCUT2D eigenvalue weighted by molar-refractivity contribution is 5.76. The number of piperidine rings is 1. The maximum Gasteiger partial charge on any atom is 0.416 e. The van der Waals surface area contributed by atoms with Crippen molar-refractivity contribution in [2.45, 2.75) is 38.9 Å². The Hall–Kier alpha value is -1.52. The Kier molecular flexibility index (Phi) is 3.83. The largest absolute Gasteiger partial charge is 0.416 e. The average Bonchev–Trinajstić information content (AvgIpc) is 2.33. The molecule has 0 unspecified atom stereocenters. The second kappa shape index (κ2) is 5.23. The van der Waals surface area contributed by atoms with Gasteiger partial charge in [-0.05, 0) is 43.0 Å². The molecule has 1 aromatic carbocycles. The van der Waals surface area contributed by atoms with Crippen molar-refractivity contribution < 1.29 is 18.0 Å². The van der Waals surface area contributed by atoms with E-state index in [1.807, 2.05) is 0 Å². The number of hydrogen-bond acceptors (Lipinski definition) is 1. The first-order valence-corrected chi connectivity index (χ1v) is 6.32. The summed E-state index contributed by atoms with van der Waals surface area (Å²) in [7, 11) is 0. The second-order valence-electron chi connectivity index (χ2n) is 4.91. The summed E-state index contributed by atoms with van der Waals surface area (Å²) in [5, 5.41) is 0. The number of hydrogen-bond donors (Lipinski definition) is 0. The Morgan fingerprint density at radius 2 is 2.00 bits per heavy atom. The first-order valence-electron chi connectivity index (χ1n) is 6.32. The quantitative estimate of drug-likeness (QED) is 0.805. The van der Waals surface area contributed by atoms with Crippen molar-refractivity contribution in [1.82, 2.24) is 4.90 Å². The van der Waals surface area contributed by atoms with Crippen LogP contribution in [0.3, 0.4) is 0 Å². The number of rotatable bonds is 2. The fraction of sp³-hybridized carbons (Fsp3) is 0.500. The van der Waals surface area contributed by atoms with Gasteiger partial charge >= 0.3 is 6.18 Å². The van der Waals surface area contributed by atoms with Gasteiger partial charge in [0.1, 0.15) is 0 Å². The Bertz CT molecular complexity index is 482. The summed E-state index contributed by atoms with van der Waals surface area (Å²) in [5.74, 6) is 0.0306. The van der Waals surface area contributed by atoms with E-state index in [1.165, 1.54) is 6.07 Å². The normalized spacial score (nSPS) is 16.8. The Morgan fingerprint density at radius 1 is 1.26 bits per heavy atom. The fourth-order valence-electron chi connectivity index (χ4n) is 2.25. The Labute approximate surface area is 110 Å². The lowest BCUT2D eigenvalue weighted by Crippen LogP contribution is -2.34. The van der Waals surface area contributed by atoms with Crippen LogP contribution in [-0.4, -0.2) is 17.4 Å². The minimum Gasteiger partial charge on any atom is -0.338 e. The van der Waals surface area contributed by atoms with Crippen LogP contribution in [0.1, 0.15) is 36.0 Å². The van der Waals surface area contributed by atoms with E-state index in [4.69, 9.17) is 0 Å². The molecule has 1 heterocycles. The lowest BCUT2D eigenvalue weighted by molar-refractivity contribution is -0.137. The van der Waals surface area contributed by atoms with Crippen LogP contribution < -0.4 is 0 Å². The van der Waals surface area contributed by atoms with Crippen LogP contribution in [0.2, 0.25) is 0 Å². The number of halogens is 3. The van der Waals surface area contributed by atoms with Crippen LogP contribution in [0.5, 0.6) is 0 Å². The zero-order valence-electron chi connectivity index (χ0n) is 10.8. The predicted molar refractivity (Wildman–Crippen MR) is 65.4 cm³/mol. The lowest BCUT2D eigenvalue weighted by Gasteiger charge is -2.27. The van der Waals surface area contributed by atoms with Crippen molar-refractivity contribution in [2.24, 2.45) is 0 Å². The van der Waals surface area contributed by atoms with Crippen molar-refractivity contribution in [3.8, 4) is 0 Å². The number of aryl methyl sites for hydroxylation is 1. The topological polar surface area (TPSA) is 20.3 Å². The van der Waals surface area contributed by atoms with Crippen molar-refractivity contribution in [3.05, 3.63) is 34.9 Å². The lowest BCUT2D eigenvalue weighted by atomic mass is 10.0. The van der Waals surface area contributed by atoms with Crippen LogP contribution in [0.4, 0.5) is 13.2 Å². The van der Waals surface area contributed by atoms with Gasteiger partial charge in [0.2, 0.25) is 5.91 Å². The van der Waals surface area contributed by atoms with Gasteiger partial charge in [-0.15, -0.1) is 0 Å². The maximum absolute atomic E-state index is 12.7. The molecule has 1 fully saturated rings. The number of carbonyl (C=O) groups is 1. The van der Waals surface area contributed by atoms with Gasteiger partial charge in [-0.2, -0.15) is 13.2 Å². The summed E-state index contributed by atoms with van der Waals surface area (Å²) in [6.45, 7) is 2.67. The first kappa shape index (κ1) is 13.9. The van der Waals surface area contributed by atoms with Crippen LogP contribution >= 0.6 is 0 Å². The van der Waals surface area contributed by atoms with E-state index in [-0.39, 0.29) is 12.5 Å². The molecule has 0 spiro atoms. The second-order valence-corrected chi connectivity index (χ2v) is 4.91. The highest BCUT2D eigenvalue weighted by atomic mass is 19.4. The molecule has 0 radical (unpaired) electrons. The van der Waals surface area contributed by atoms with Crippen molar-refractivity contribution in [3.63, 3.8) is 0 Å². The molecule has 1 aromatic rings. The zero-order valence-corrected chi connectivity index (χ0v) is 10.8. The summed E-state index contributed by atoms with van der Waals surface area (Å²) in [5.41, 5.74) is 0.703. The van der Waals surface area contributed by atoms with Gasteiger partial charge < -0.3 is 4.90 Å². The molecule has 104 valence electrons. The summed E-state index contributed by atoms with van der Waals surface area (Å²) < 4.78 is 38.0. The molecule has 2 nitrogen and oxygen atoms in total. The van der Waals surface area contributed by atoms with Gasteiger partial charge in [0, 0.05) is 19.5 Å². The molecule has 0 aliphatic carbocycles. The molecular weight excluding hydrogens is 255 g/mol. The van der Waals surface area contributed by atoms with Crippen LogP contribution in [-0.2, 0) is 17.5 Å². The van der Waals surface area contributed by atoms with Crippen LogP contribution in [0.15, 0.2) is 18.2 Å². The fourth-order valence-corrected chi connectivity index (χ4v) is 2.25. The van der Waals surface area contributed by atoms with Gasteiger partial charge in [0.15, 0.2) is 0 Å². The van der Waals surface area contributed by atoms with Crippen molar-refractivity contribution in [2.75, 3.05) is 6.54 Å². The summed E-state index contributed by atoms with van der Waals surface area (Å²) in [6, 6.07) is 3.70. The van der Waals surface area contributed by atoms with E-state index in [0.717, 1.165) is 30.5 Å². The van der Waals surface area contributed by atoms with Crippen molar-refractivity contribution >= 4 is 5.91 Å². The standard InChI is InChI=1S/C14H16F3NO/c1-10-5-6-12(14(15,16)17)8-11(10)9-18-7-3-2-4-13(18)19/h5-6,8H,2-4,7,9H2,1H3. The molecule has 0 atom stereocenters. The molecule has 0 N–H and O–H groups in total. The predicted octanol–water partition coefficient (Wildman–Crippen LogP) is 3.53. The summed E-state index contributed by atoms with van der Waals surface area (Å²) in [6.07, 6.45) is -2.05. The van der Waals surface area contributed by atoms with Gasteiger partial charge in [0.05, 0.1) is 5.56 Å². The number of nitrogens with zero attached hydrogens (tertiary/aromatic N) is 1. The highest BCUT2D eigenvalue weighted by Gasteiger charge is 2.31. The third-order valence-electron chi connectivity index (χ3n) is 3.46. The number of alkyl halides is 3. The molecule has 1 aliphatic heterocycles. The third-order valence-corrected chi connectivity index (χ3v) is 3.46. The average molecular weight is 271 g/mol. The van der Waals surface area contributed by atoms with Gasteiger partial charge in [-0.25, -0.2) is 0 Å². The van der Waals surface area contributed by atoms with E-state index >= 15 is 0 Å².